The Bertz CT molecular complexity index is 656. The molecule has 1 saturated carbocycles. The molecule has 5 heteroatoms. The summed E-state index contributed by atoms with van der Waals surface area (Å²) in [6, 6.07) is 7.35. The molecule has 2 N–H and O–H groups in total. The van der Waals surface area contributed by atoms with Crippen molar-refractivity contribution < 1.29 is 14.7 Å². The van der Waals surface area contributed by atoms with E-state index in [4.69, 9.17) is 5.11 Å². The van der Waals surface area contributed by atoms with E-state index in [1.54, 1.807) is 10.8 Å². The van der Waals surface area contributed by atoms with Crippen LogP contribution in [0.2, 0.25) is 0 Å². The van der Waals surface area contributed by atoms with Crippen LogP contribution in [0.15, 0.2) is 30.5 Å². The monoisotopic (exact) mass is 258 g/mol. The molecule has 0 saturated heterocycles. The summed E-state index contributed by atoms with van der Waals surface area (Å²) in [7, 11) is 0. The van der Waals surface area contributed by atoms with Crippen molar-refractivity contribution in [2.75, 3.05) is 5.32 Å². The minimum atomic E-state index is -0.884. The molecule has 1 heterocycles. The largest absolute Gasteiger partial charge is 0.480 e. The Morgan fingerprint density at radius 2 is 2.11 bits per heavy atom. The van der Waals surface area contributed by atoms with Crippen LogP contribution in [0.4, 0.5) is 5.69 Å². The fourth-order valence-corrected chi connectivity index (χ4v) is 2.20. The summed E-state index contributed by atoms with van der Waals surface area (Å²) < 4.78 is 1.66. The molecule has 1 aromatic carbocycles. The molecule has 0 unspecified atom stereocenters. The van der Waals surface area contributed by atoms with Crippen LogP contribution in [0.1, 0.15) is 12.8 Å². The molecule has 0 spiro atoms. The van der Waals surface area contributed by atoms with E-state index in [0.29, 0.717) is 0 Å². The Kier molecular flexibility index (Phi) is 2.74. The van der Waals surface area contributed by atoms with Gasteiger partial charge in [0.2, 0.25) is 5.91 Å². The zero-order valence-electron chi connectivity index (χ0n) is 10.3. The van der Waals surface area contributed by atoms with Crippen LogP contribution in [-0.2, 0) is 16.1 Å². The first-order valence-electron chi connectivity index (χ1n) is 6.25. The quantitative estimate of drug-likeness (QED) is 0.881. The molecule has 0 bridgehead atoms. The van der Waals surface area contributed by atoms with Crippen molar-refractivity contribution >= 4 is 28.5 Å². The topological polar surface area (TPSA) is 71.3 Å². The molecule has 1 aromatic heterocycles. The molecule has 1 amide bonds. The van der Waals surface area contributed by atoms with Crippen molar-refractivity contribution in [1.82, 2.24) is 4.57 Å². The van der Waals surface area contributed by atoms with Gasteiger partial charge >= 0.3 is 5.97 Å². The molecule has 2 aromatic rings. The maximum Gasteiger partial charge on any atom is 0.323 e. The van der Waals surface area contributed by atoms with Crippen molar-refractivity contribution in [1.29, 1.82) is 0 Å². The second-order valence-electron chi connectivity index (χ2n) is 4.84. The van der Waals surface area contributed by atoms with E-state index in [9.17, 15) is 9.59 Å². The molecule has 1 fully saturated rings. The number of carbonyl (C=O) groups is 2. The number of aromatic nitrogens is 1. The van der Waals surface area contributed by atoms with Crippen molar-refractivity contribution in [3.8, 4) is 0 Å². The Balaban J connectivity index is 1.94. The number of nitrogens with zero attached hydrogens (tertiary/aromatic N) is 1. The third kappa shape index (κ3) is 2.31. The third-order valence-electron chi connectivity index (χ3n) is 3.33. The molecule has 3 rings (SSSR count). The third-order valence-corrected chi connectivity index (χ3v) is 3.33. The summed E-state index contributed by atoms with van der Waals surface area (Å²) >= 11 is 0. The van der Waals surface area contributed by atoms with Gasteiger partial charge in [-0.2, -0.15) is 0 Å². The molecule has 0 radical (unpaired) electrons. The number of carbonyl (C=O) groups excluding carboxylic acids is 1. The van der Waals surface area contributed by atoms with Crippen LogP contribution in [0.25, 0.3) is 10.9 Å². The Morgan fingerprint density at radius 3 is 2.79 bits per heavy atom. The van der Waals surface area contributed by atoms with E-state index in [-0.39, 0.29) is 18.4 Å². The number of carboxylic acid groups (broad SMARTS) is 1. The number of anilines is 1. The SMILES string of the molecule is O=C(O)Cn1ccc2c(NC(=O)C3CC3)cccc21. The molecule has 19 heavy (non-hydrogen) atoms. The molecule has 1 aliphatic carbocycles. The van der Waals surface area contributed by atoms with Crippen LogP contribution < -0.4 is 5.32 Å². The molecule has 1 aliphatic rings. The van der Waals surface area contributed by atoms with Gasteiger partial charge in [0.25, 0.3) is 0 Å². The van der Waals surface area contributed by atoms with Gasteiger partial charge in [-0.25, -0.2) is 0 Å². The minimum absolute atomic E-state index is 0.0542. The molecule has 98 valence electrons. The van der Waals surface area contributed by atoms with Gasteiger partial charge in [-0.3, -0.25) is 9.59 Å². The number of benzene rings is 1. The van der Waals surface area contributed by atoms with Crippen LogP contribution in [0.5, 0.6) is 0 Å². The smallest absolute Gasteiger partial charge is 0.323 e. The Morgan fingerprint density at radius 1 is 1.32 bits per heavy atom. The standard InChI is InChI=1S/C14H14N2O3/c17-13(18)8-16-7-6-10-11(2-1-3-12(10)16)15-14(19)9-4-5-9/h1-3,6-7,9H,4-5,8H2,(H,15,19)(H,17,18). The van der Waals surface area contributed by atoms with Gasteiger partial charge in [0, 0.05) is 17.5 Å². The minimum Gasteiger partial charge on any atom is -0.480 e. The first kappa shape index (κ1) is 11.8. The van der Waals surface area contributed by atoms with E-state index in [1.165, 1.54) is 0 Å². The van der Waals surface area contributed by atoms with Crippen molar-refractivity contribution in [2.24, 2.45) is 5.92 Å². The predicted octanol–water partition coefficient (Wildman–Crippen LogP) is 2.07. The number of fused-ring (bicyclic) bond motifs is 1. The predicted molar refractivity (Wildman–Crippen MR) is 70.9 cm³/mol. The number of hydrogen-bond acceptors (Lipinski definition) is 2. The second kappa shape index (κ2) is 4.42. The van der Waals surface area contributed by atoms with E-state index in [0.717, 1.165) is 29.4 Å². The maximum absolute atomic E-state index is 11.8. The fraction of sp³-hybridized carbons (Fsp3) is 0.286. The lowest BCUT2D eigenvalue weighted by Crippen LogP contribution is -2.13. The average molecular weight is 258 g/mol. The zero-order chi connectivity index (χ0) is 13.4. The van der Waals surface area contributed by atoms with Crippen LogP contribution in [0, 0.1) is 5.92 Å². The van der Waals surface area contributed by atoms with Crippen LogP contribution >= 0.6 is 0 Å². The normalized spacial score (nSPS) is 14.5. The summed E-state index contributed by atoms with van der Waals surface area (Å²) in [6.45, 7) is -0.0798. The average Bonchev–Trinajstić information content (AvgIpc) is 3.13. The number of carboxylic acids is 1. The van der Waals surface area contributed by atoms with Gasteiger partial charge in [-0.05, 0) is 31.0 Å². The molecular weight excluding hydrogens is 244 g/mol. The van der Waals surface area contributed by atoms with Crippen molar-refractivity contribution in [3.63, 3.8) is 0 Å². The highest BCUT2D eigenvalue weighted by Gasteiger charge is 2.29. The zero-order valence-corrected chi connectivity index (χ0v) is 10.3. The van der Waals surface area contributed by atoms with Gasteiger partial charge in [-0.1, -0.05) is 6.07 Å². The van der Waals surface area contributed by atoms with Crippen LogP contribution in [0.3, 0.4) is 0 Å². The molecular formula is C14H14N2O3. The van der Waals surface area contributed by atoms with Gasteiger partial charge < -0.3 is 15.0 Å². The second-order valence-corrected chi connectivity index (χ2v) is 4.84. The lowest BCUT2D eigenvalue weighted by Gasteiger charge is -2.07. The summed E-state index contributed by atoms with van der Waals surface area (Å²) in [5.41, 5.74) is 1.56. The Labute approximate surface area is 109 Å². The maximum atomic E-state index is 11.8. The summed E-state index contributed by atoms with van der Waals surface area (Å²) in [5.74, 6) is -0.681. The van der Waals surface area contributed by atoms with Crippen molar-refractivity contribution in [2.45, 2.75) is 19.4 Å². The molecule has 0 aliphatic heterocycles. The highest BCUT2D eigenvalue weighted by molar-refractivity contribution is 6.03. The lowest BCUT2D eigenvalue weighted by molar-refractivity contribution is -0.137. The highest BCUT2D eigenvalue weighted by Crippen LogP contribution is 2.32. The number of rotatable bonds is 4. The molecule has 0 atom stereocenters. The first-order valence-corrected chi connectivity index (χ1v) is 6.25. The van der Waals surface area contributed by atoms with Gasteiger partial charge in [0.15, 0.2) is 0 Å². The fourth-order valence-electron chi connectivity index (χ4n) is 2.20. The number of hydrogen-bond donors (Lipinski definition) is 2. The molecule has 5 nitrogen and oxygen atoms in total. The van der Waals surface area contributed by atoms with Crippen molar-refractivity contribution in [3.05, 3.63) is 30.5 Å². The van der Waals surface area contributed by atoms with Gasteiger partial charge in [0.05, 0.1) is 11.2 Å². The van der Waals surface area contributed by atoms with E-state index < -0.39 is 5.97 Å². The van der Waals surface area contributed by atoms with E-state index in [2.05, 4.69) is 5.32 Å². The van der Waals surface area contributed by atoms with Crippen LogP contribution in [-0.4, -0.2) is 21.6 Å². The van der Waals surface area contributed by atoms with Gasteiger partial charge in [-0.15, -0.1) is 0 Å². The Hall–Kier alpha value is -2.30. The lowest BCUT2D eigenvalue weighted by atomic mass is 10.2. The summed E-state index contributed by atoms with van der Waals surface area (Å²) in [5, 5.41) is 12.6. The number of nitrogens with one attached hydrogen (secondary N) is 1. The van der Waals surface area contributed by atoms with E-state index >= 15 is 0 Å². The van der Waals surface area contributed by atoms with E-state index in [1.807, 2.05) is 24.3 Å². The number of aliphatic carboxylic acids is 1. The first-order chi connectivity index (χ1) is 9.15. The highest BCUT2D eigenvalue weighted by atomic mass is 16.4. The number of amides is 1. The summed E-state index contributed by atoms with van der Waals surface area (Å²) in [4.78, 5) is 22.6. The van der Waals surface area contributed by atoms with Gasteiger partial charge in [0.1, 0.15) is 6.54 Å². The summed E-state index contributed by atoms with van der Waals surface area (Å²) in [6.07, 6.45) is 3.65.